The molecule has 0 radical (unpaired) electrons. The molecular weight excluding hydrogens is 186 g/mol. The fourth-order valence-corrected chi connectivity index (χ4v) is 0.652. The molecule has 0 aromatic carbocycles. The van der Waals surface area contributed by atoms with E-state index in [9.17, 15) is 4.79 Å². The van der Waals surface area contributed by atoms with Crippen molar-refractivity contribution in [2.45, 2.75) is 0 Å². The zero-order chi connectivity index (χ0) is 9.68. The van der Waals surface area contributed by atoms with E-state index in [1.54, 1.807) is 24.5 Å². The minimum absolute atomic E-state index is 0. The van der Waals surface area contributed by atoms with Crippen molar-refractivity contribution in [3.05, 3.63) is 30.1 Å². The van der Waals surface area contributed by atoms with E-state index < -0.39 is 6.09 Å². The van der Waals surface area contributed by atoms with Crippen LogP contribution in [0.5, 0.6) is 0 Å². The van der Waals surface area contributed by atoms with E-state index in [-0.39, 0.29) is 5.48 Å². The third kappa shape index (κ3) is 3.63. The highest BCUT2D eigenvalue weighted by Crippen LogP contribution is 1.92. The highest BCUT2D eigenvalue weighted by atomic mass is 16.4. The summed E-state index contributed by atoms with van der Waals surface area (Å²) in [6, 6.07) is 3.47. The predicted molar refractivity (Wildman–Crippen MR) is 51.2 cm³/mol. The second-order valence-electron chi connectivity index (χ2n) is 2.33. The van der Waals surface area contributed by atoms with Crippen molar-refractivity contribution in [2.24, 2.45) is 5.10 Å². The van der Waals surface area contributed by atoms with Crippen LogP contribution in [0.2, 0.25) is 0 Å². The van der Waals surface area contributed by atoms with Gasteiger partial charge in [-0.05, 0) is 17.7 Å². The Labute approximate surface area is 80.8 Å². The molecule has 6 nitrogen and oxygen atoms in total. The molecule has 1 aromatic heterocycles. The number of carbonyl (C=O) groups is 1. The summed E-state index contributed by atoms with van der Waals surface area (Å²) in [7, 11) is 1.36. The van der Waals surface area contributed by atoms with Crippen molar-refractivity contribution in [1.29, 1.82) is 0 Å². The molecule has 1 aromatic rings. The molecule has 0 fully saturated rings. The molecule has 76 valence electrons. The van der Waals surface area contributed by atoms with Crippen LogP contribution in [0.3, 0.4) is 0 Å². The summed E-state index contributed by atoms with van der Waals surface area (Å²) in [4.78, 5) is 14.1. The van der Waals surface area contributed by atoms with Crippen LogP contribution >= 0.6 is 0 Å². The van der Waals surface area contributed by atoms with E-state index in [0.717, 1.165) is 10.6 Å². The Morgan fingerprint density at radius 3 is 2.64 bits per heavy atom. The summed E-state index contributed by atoms with van der Waals surface area (Å²) >= 11 is 0. The summed E-state index contributed by atoms with van der Waals surface area (Å²) in [5.41, 5.74) is 0.808. The third-order valence-electron chi connectivity index (χ3n) is 1.36. The van der Waals surface area contributed by atoms with Gasteiger partial charge in [0.1, 0.15) is 0 Å². The maximum atomic E-state index is 10.3. The number of pyridine rings is 1. The van der Waals surface area contributed by atoms with Crippen molar-refractivity contribution >= 4 is 12.3 Å². The molecule has 0 atom stereocenters. The van der Waals surface area contributed by atoms with Crippen LogP contribution < -0.4 is 0 Å². The second kappa shape index (κ2) is 5.65. The lowest BCUT2D eigenvalue weighted by molar-refractivity contribution is 0.158. The van der Waals surface area contributed by atoms with Crippen molar-refractivity contribution in [1.82, 2.24) is 9.99 Å². The van der Waals surface area contributed by atoms with Gasteiger partial charge in [0, 0.05) is 19.4 Å². The van der Waals surface area contributed by atoms with E-state index >= 15 is 0 Å². The monoisotopic (exact) mass is 197 g/mol. The number of rotatable bonds is 2. The maximum absolute atomic E-state index is 10.3. The Hall–Kier alpha value is -1.95. The number of hydrazone groups is 1. The van der Waals surface area contributed by atoms with Gasteiger partial charge < -0.3 is 10.6 Å². The largest absolute Gasteiger partial charge is 0.464 e. The zero-order valence-electron chi connectivity index (χ0n) is 7.58. The minimum atomic E-state index is -1.09. The lowest BCUT2D eigenvalue weighted by atomic mass is 10.3. The number of hydrogen-bond acceptors (Lipinski definition) is 3. The highest BCUT2D eigenvalue weighted by molar-refractivity contribution is 5.80. The summed E-state index contributed by atoms with van der Waals surface area (Å²) in [5.74, 6) is 0. The number of nitrogens with zero attached hydrogens (tertiary/aromatic N) is 3. The molecule has 0 aliphatic carbocycles. The van der Waals surface area contributed by atoms with Crippen LogP contribution in [0.4, 0.5) is 4.79 Å². The smallest absolute Gasteiger partial charge is 0.427 e. The third-order valence-corrected chi connectivity index (χ3v) is 1.36. The SMILES string of the molecule is CN(/N=C/c1ccncc1)C(=O)O.O. The Bertz CT molecular complexity index is 313. The fourth-order valence-electron chi connectivity index (χ4n) is 0.652. The van der Waals surface area contributed by atoms with E-state index in [1.165, 1.54) is 13.3 Å². The summed E-state index contributed by atoms with van der Waals surface area (Å²) in [6.07, 6.45) is 3.59. The molecule has 0 aliphatic heterocycles. The van der Waals surface area contributed by atoms with Gasteiger partial charge in [-0.1, -0.05) is 0 Å². The normalized spacial score (nSPS) is 9.50. The van der Waals surface area contributed by atoms with Gasteiger partial charge in [0.25, 0.3) is 0 Å². The molecule has 0 saturated carbocycles. The first-order valence-corrected chi connectivity index (χ1v) is 3.61. The second-order valence-corrected chi connectivity index (χ2v) is 2.33. The van der Waals surface area contributed by atoms with Gasteiger partial charge in [0.15, 0.2) is 0 Å². The first-order chi connectivity index (χ1) is 6.20. The van der Waals surface area contributed by atoms with Gasteiger partial charge in [-0.15, -0.1) is 0 Å². The molecule has 0 aliphatic rings. The highest BCUT2D eigenvalue weighted by Gasteiger charge is 1.99. The molecule has 0 unspecified atom stereocenters. The average molecular weight is 197 g/mol. The zero-order valence-corrected chi connectivity index (χ0v) is 7.58. The van der Waals surface area contributed by atoms with Crippen molar-refractivity contribution in [2.75, 3.05) is 7.05 Å². The van der Waals surface area contributed by atoms with Crippen LogP contribution in [0.1, 0.15) is 5.56 Å². The van der Waals surface area contributed by atoms with Crippen LogP contribution in [-0.2, 0) is 0 Å². The molecule has 0 bridgehead atoms. The van der Waals surface area contributed by atoms with E-state index in [4.69, 9.17) is 5.11 Å². The Morgan fingerprint density at radius 2 is 2.14 bits per heavy atom. The van der Waals surface area contributed by atoms with Gasteiger partial charge in [0.2, 0.25) is 0 Å². The molecular formula is C8H11N3O3. The summed E-state index contributed by atoms with van der Waals surface area (Å²) in [5, 5.41) is 13.0. The minimum Gasteiger partial charge on any atom is -0.464 e. The molecule has 6 heteroatoms. The lowest BCUT2D eigenvalue weighted by Crippen LogP contribution is -2.18. The molecule has 3 N–H and O–H groups in total. The quantitative estimate of drug-likeness (QED) is 0.541. The summed E-state index contributed by atoms with van der Waals surface area (Å²) < 4.78 is 0. The van der Waals surface area contributed by atoms with Crippen molar-refractivity contribution < 1.29 is 15.4 Å². The van der Waals surface area contributed by atoms with Crippen molar-refractivity contribution in [3.63, 3.8) is 0 Å². The van der Waals surface area contributed by atoms with Gasteiger partial charge >= 0.3 is 6.09 Å². The molecule has 0 spiro atoms. The molecule has 14 heavy (non-hydrogen) atoms. The van der Waals surface area contributed by atoms with Crippen LogP contribution in [0, 0.1) is 0 Å². The number of carboxylic acid groups (broad SMARTS) is 1. The van der Waals surface area contributed by atoms with E-state index in [2.05, 4.69) is 10.1 Å². The lowest BCUT2D eigenvalue weighted by Gasteiger charge is -2.03. The van der Waals surface area contributed by atoms with Gasteiger partial charge in [0.05, 0.1) is 6.21 Å². The molecule has 0 saturated heterocycles. The first kappa shape index (κ1) is 12.0. The first-order valence-electron chi connectivity index (χ1n) is 3.61. The fraction of sp³-hybridized carbons (Fsp3) is 0.125. The van der Waals surface area contributed by atoms with Gasteiger partial charge in [-0.3, -0.25) is 4.98 Å². The van der Waals surface area contributed by atoms with Crippen molar-refractivity contribution in [3.8, 4) is 0 Å². The van der Waals surface area contributed by atoms with Gasteiger partial charge in [-0.2, -0.15) is 5.10 Å². The van der Waals surface area contributed by atoms with Gasteiger partial charge in [-0.25, -0.2) is 9.80 Å². The van der Waals surface area contributed by atoms with Crippen LogP contribution in [0.15, 0.2) is 29.6 Å². The maximum Gasteiger partial charge on any atom is 0.427 e. The Balaban J connectivity index is 0.00000169. The molecule has 1 heterocycles. The number of hydrogen-bond donors (Lipinski definition) is 1. The number of amides is 1. The Kier molecular flexibility index (Phi) is 4.87. The molecule has 1 rings (SSSR count). The molecule has 1 amide bonds. The topological polar surface area (TPSA) is 97.3 Å². The van der Waals surface area contributed by atoms with Crippen LogP contribution in [-0.4, -0.2) is 39.9 Å². The number of aromatic nitrogens is 1. The standard InChI is InChI=1S/C8H9N3O2.H2O/c1-11(8(12)13)10-6-7-2-4-9-5-3-7;/h2-6H,1H3,(H,12,13);1H2/b10-6+;. The van der Waals surface area contributed by atoms with E-state index in [0.29, 0.717) is 0 Å². The summed E-state index contributed by atoms with van der Waals surface area (Å²) in [6.45, 7) is 0. The average Bonchev–Trinajstić information content (AvgIpc) is 2.15. The predicted octanol–water partition coefficient (Wildman–Crippen LogP) is 0.201. The Morgan fingerprint density at radius 1 is 1.57 bits per heavy atom. The van der Waals surface area contributed by atoms with E-state index in [1.807, 2.05) is 0 Å². The van der Waals surface area contributed by atoms with Crippen LogP contribution in [0.25, 0.3) is 0 Å².